The van der Waals surface area contributed by atoms with Crippen LogP contribution in [0.5, 0.6) is 0 Å². The number of para-hydroxylation sites is 1. The van der Waals surface area contributed by atoms with Crippen molar-refractivity contribution in [3.63, 3.8) is 0 Å². The maximum atomic E-state index is 12.2. The fourth-order valence-electron chi connectivity index (χ4n) is 2.67. The molecule has 1 unspecified atom stereocenters. The minimum Gasteiger partial charge on any atom is -0.330 e. The number of amides is 1. The molecule has 116 valence electrons. The molecule has 1 fully saturated rings. The predicted molar refractivity (Wildman–Crippen MR) is 90.6 cm³/mol. The highest BCUT2D eigenvalue weighted by atomic mass is 32.2. The molecular formula is C17H26N2OS. The zero-order valence-electron chi connectivity index (χ0n) is 12.8. The number of rotatable bonds is 7. The lowest BCUT2D eigenvalue weighted by atomic mass is 10.0. The molecule has 4 heteroatoms. The van der Waals surface area contributed by atoms with Crippen LogP contribution in [0.2, 0.25) is 0 Å². The number of carbonyl (C=O) groups is 1. The number of anilines is 1. The Balaban J connectivity index is 1.97. The Hall–Kier alpha value is -1.00. The second-order valence-electron chi connectivity index (χ2n) is 5.84. The van der Waals surface area contributed by atoms with Gasteiger partial charge in [0.15, 0.2) is 0 Å². The molecule has 1 aliphatic carbocycles. The van der Waals surface area contributed by atoms with E-state index in [9.17, 15) is 4.79 Å². The van der Waals surface area contributed by atoms with Crippen molar-refractivity contribution in [2.24, 2.45) is 11.7 Å². The van der Waals surface area contributed by atoms with Crippen LogP contribution in [0.15, 0.2) is 29.2 Å². The topological polar surface area (TPSA) is 55.1 Å². The standard InChI is InChI=1S/C17H26N2OS/c1-13(7-6-12-18)17(20)19-15-10-4-5-11-16(15)21-14-8-2-3-9-14/h4-5,10-11,13-14H,2-3,6-9,12,18H2,1H3,(H,19,20). The third-order valence-electron chi connectivity index (χ3n) is 4.03. The highest BCUT2D eigenvalue weighted by Crippen LogP contribution is 2.38. The summed E-state index contributed by atoms with van der Waals surface area (Å²) in [6.07, 6.45) is 7.00. The molecule has 1 aromatic carbocycles. The van der Waals surface area contributed by atoms with Gasteiger partial charge in [-0.2, -0.15) is 0 Å². The lowest BCUT2D eigenvalue weighted by molar-refractivity contribution is -0.119. The number of thioether (sulfide) groups is 1. The first kappa shape index (κ1) is 16.4. The van der Waals surface area contributed by atoms with E-state index < -0.39 is 0 Å². The van der Waals surface area contributed by atoms with E-state index in [-0.39, 0.29) is 11.8 Å². The van der Waals surface area contributed by atoms with E-state index in [4.69, 9.17) is 5.73 Å². The molecule has 0 bridgehead atoms. The van der Waals surface area contributed by atoms with Gasteiger partial charge < -0.3 is 11.1 Å². The summed E-state index contributed by atoms with van der Waals surface area (Å²) in [5.74, 6) is 0.112. The Morgan fingerprint density at radius 2 is 2.10 bits per heavy atom. The summed E-state index contributed by atoms with van der Waals surface area (Å²) >= 11 is 1.91. The van der Waals surface area contributed by atoms with Crippen molar-refractivity contribution in [3.8, 4) is 0 Å². The van der Waals surface area contributed by atoms with Gasteiger partial charge >= 0.3 is 0 Å². The lowest BCUT2D eigenvalue weighted by Crippen LogP contribution is -2.21. The van der Waals surface area contributed by atoms with Gasteiger partial charge in [0.1, 0.15) is 0 Å². The fourth-order valence-corrected chi connectivity index (χ4v) is 4.00. The van der Waals surface area contributed by atoms with E-state index in [1.54, 1.807) is 0 Å². The zero-order valence-corrected chi connectivity index (χ0v) is 13.6. The van der Waals surface area contributed by atoms with Gasteiger partial charge in [-0.1, -0.05) is 31.9 Å². The Kier molecular flexibility index (Phi) is 6.58. The number of nitrogens with two attached hydrogens (primary N) is 1. The summed E-state index contributed by atoms with van der Waals surface area (Å²) in [4.78, 5) is 13.4. The summed E-state index contributed by atoms with van der Waals surface area (Å²) in [5.41, 5.74) is 6.47. The van der Waals surface area contributed by atoms with E-state index in [0.29, 0.717) is 11.8 Å². The summed E-state index contributed by atoms with van der Waals surface area (Å²) in [5, 5.41) is 3.80. The van der Waals surface area contributed by atoms with Gasteiger partial charge in [0.2, 0.25) is 5.91 Å². The molecule has 3 N–H and O–H groups in total. The quantitative estimate of drug-likeness (QED) is 0.799. The van der Waals surface area contributed by atoms with E-state index in [0.717, 1.165) is 18.5 Å². The molecule has 2 rings (SSSR count). The van der Waals surface area contributed by atoms with Crippen molar-refractivity contribution in [3.05, 3.63) is 24.3 Å². The third-order valence-corrected chi connectivity index (χ3v) is 5.44. The number of hydrogen-bond acceptors (Lipinski definition) is 3. The minimum atomic E-state index is 0.0121. The van der Waals surface area contributed by atoms with Gasteiger partial charge in [-0.25, -0.2) is 0 Å². The monoisotopic (exact) mass is 306 g/mol. The maximum absolute atomic E-state index is 12.2. The molecule has 1 atom stereocenters. The lowest BCUT2D eigenvalue weighted by Gasteiger charge is -2.16. The number of hydrogen-bond donors (Lipinski definition) is 2. The van der Waals surface area contributed by atoms with Gasteiger partial charge in [0.25, 0.3) is 0 Å². The molecule has 0 heterocycles. The smallest absolute Gasteiger partial charge is 0.227 e. The molecule has 0 saturated heterocycles. The molecule has 0 aliphatic heterocycles. The Morgan fingerprint density at radius 3 is 2.81 bits per heavy atom. The molecular weight excluding hydrogens is 280 g/mol. The van der Waals surface area contributed by atoms with Crippen LogP contribution in [0.25, 0.3) is 0 Å². The van der Waals surface area contributed by atoms with Crippen molar-refractivity contribution >= 4 is 23.4 Å². The molecule has 1 amide bonds. The van der Waals surface area contributed by atoms with E-state index in [1.165, 1.54) is 30.6 Å². The van der Waals surface area contributed by atoms with Crippen molar-refractivity contribution < 1.29 is 4.79 Å². The van der Waals surface area contributed by atoms with Crippen LogP contribution in [0.4, 0.5) is 5.69 Å². The number of benzene rings is 1. The number of carbonyl (C=O) groups excluding carboxylic acids is 1. The van der Waals surface area contributed by atoms with Crippen LogP contribution in [-0.4, -0.2) is 17.7 Å². The second kappa shape index (κ2) is 8.44. The van der Waals surface area contributed by atoms with Crippen LogP contribution in [0.1, 0.15) is 45.4 Å². The first-order valence-electron chi connectivity index (χ1n) is 7.97. The summed E-state index contributed by atoms with van der Waals surface area (Å²) < 4.78 is 0. The summed E-state index contributed by atoms with van der Waals surface area (Å²) in [6, 6.07) is 8.15. The average molecular weight is 306 g/mol. The maximum Gasteiger partial charge on any atom is 0.227 e. The average Bonchev–Trinajstić information content (AvgIpc) is 2.99. The SMILES string of the molecule is CC(CCCN)C(=O)Nc1ccccc1SC1CCCC1. The minimum absolute atomic E-state index is 0.0121. The molecule has 1 aromatic rings. The Labute approximate surface area is 132 Å². The van der Waals surface area contributed by atoms with Crippen LogP contribution in [-0.2, 0) is 4.79 Å². The molecule has 0 spiro atoms. The molecule has 0 aromatic heterocycles. The van der Waals surface area contributed by atoms with Gasteiger partial charge in [0.05, 0.1) is 5.69 Å². The fraction of sp³-hybridized carbons (Fsp3) is 0.588. The van der Waals surface area contributed by atoms with Gasteiger partial charge in [-0.05, 0) is 44.4 Å². The van der Waals surface area contributed by atoms with Gasteiger partial charge in [-0.15, -0.1) is 11.8 Å². The molecule has 21 heavy (non-hydrogen) atoms. The third kappa shape index (κ3) is 5.04. The molecule has 0 radical (unpaired) electrons. The Morgan fingerprint density at radius 1 is 1.38 bits per heavy atom. The first-order valence-corrected chi connectivity index (χ1v) is 8.85. The molecule has 3 nitrogen and oxygen atoms in total. The Bertz CT molecular complexity index is 458. The van der Waals surface area contributed by atoms with Gasteiger partial charge in [-0.3, -0.25) is 4.79 Å². The van der Waals surface area contributed by atoms with E-state index in [1.807, 2.05) is 36.9 Å². The van der Waals surface area contributed by atoms with Crippen molar-refractivity contribution in [1.29, 1.82) is 0 Å². The van der Waals surface area contributed by atoms with Gasteiger partial charge in [0, 0.05) is 16.1 Å². The van der Waals surface area contributed by atoms with E-state index >= 15 is 0 Å². The van der Waals surface area contributed by atoms with Crippen LogP contribution < -0.4 is 11.1 Å². The highest BCUT2D eigenvalue weighted by molar-refractivity contribution is 8.00. The van der Waals surface area contributed by atoms with Crippen LogP contribution >= 0.6 is 11.8 Å². The predicted octanol–water partition coefficient (Wildman–Crippen LogP) is 4.03. The normalized spacial score (nSPS) is 16.9. The zero-order chi connectivity index (χ0) is 15.1. The van der Waals surface area contributed by atoms with Crippen LogP contribution in [0, 0.1) is 5.92 Å². The van der Waals surface area contributed by atoms with Crippen molar-refractivity contribution in [2.45, 2.75) is 55.6 Å². The van der Waals surface area contributed by atoms with Crippen molar-refractivity contribution in [1.82, 2.24) is 0 Å². The van der Waals surface area contributed by atoms with E-state index in [2.05, 4.69) is 11.4 Å². The first-order chi connectivity index (χ1) is 10.2. The summed E-state index contributed by atoms with van der Waals surface area (Å²) in [7, 11) is 0. The summed E-state index contributed by atoms with van der Waals surface area (Å²) in [6.45, 7) is 2.61. The largest absolute Gasteiger partial charge is 0.330 e. The molecule has 1 saturated carbocycles. The number of nitrogens with one attached hydrogen (secondary N) is 1. The van der Waals surface area contributed by atoms with Crippen LogP contribution in [0.3, 0.4) is 0 Å². The second-order valence-corrected chi connectivity index (χ2v) is 7.18. The van der Waals surface area contributed by atoms with Crippen molar-refractivity contribution in [2.75, 3.05) is 11.9 Å². The molecule has 1 aliphatic rings. The highest BCUT2D eigenvalue weighted by Gasteiger charge is 2.19.